The maximum Gasteiger partial charge on any atom is 0.116 e. The van der Waals surface area contributed by atoms with Crippen molar-refractivity contribution in [2.45, 2.75) is 92.9 Å². The van der Waals surface area contributed by atoms with Gasteiger partial charge >= 0.3 is 0 Å². The third kappa shape index (κ3) is 10.4. The van der Waals surface area contributed by atoms with Crippen molar-refractivity contribution in [3.05, 3.63) is 29.3 Å². The minimum atomic E-state index is 0.428. The molecule has 1 aromatic carbocycles. The van der Waals surface area contributed by atoms with Gasteiger partial charge in [0.1, 0.15) is 5.75 Å². The highest BCUT2D eigenvalue weighted by molar-refractivity contribution is 5.33. The molecule has 0 fully saturated rings. The van der Waals surface area contributed by atoms with Crippen molar-refractivity contribution in [3.8, 4) is 5.75 Å². The number of phenolic OH excluding ortho intramolecular Hbond substituents is 1. The van der Waals surface area contributed by atoms with Gasteiger partial charge in [-0.05, 0) is 72.6 Å². The van der Waals surface area contributed by atoms with E-state index in [1.165, 1.54) is 49.7 Å². The minimum absolute atomic E-state index is 0.428. The summed E-state index contributed by atoms with van der Waals surface area (Å²) in [5.74, 6) is 0.434. The van der Waals surface area contributed by atoms with Crippen LogP contribution < -0.4 is 0 Å². The van der Waals surface area contributed by atoms with Crippen LogP contribution in [0.4, 0.5) is 0 Å². The van der Waals surface area contributed by atoms with E-state index in [1.54, 1.807) is 0 Å². The summed E-state index contributed by atoms with van der Waals surface area (Å²) in [6.45, 7) is 13.8. The molecule has 1 nitrogen and oxygen atoms in total. The number of rotatable bonds is 8. The van der Waals surface area contributed by atoms with Gasteiger partial charge in [0.25, 0.3) is 0 Å². The minimum Gasteiger partial charge on any atom is -0.508 e. The molecule has 0 radical (unpaired) electrons. The highest BCUT2D eigenvalue weighted by Gasteiger charge is 2.10. The Morgan fingerprint density at radius 3 is 1.39 bits per heavy atom. The van der Waals surface area contributed by atoms with Gasteiger partial charge in [-0.25, -0.2) is 0 Å². The van der Waals surface area contributed by atoms with Crippen molar-refractivity contribution in [2.75, 3.05) is 0 Å². The van der Waals surface area contributed by atoms with E-state index in [-0.39, 0.29) is 0 Å². The number of hydrogen-bond donors (Lipinski definition) is 1. The second-order valence-electron chi connectivity index (χ2n) is 9.54. The Morgan fingerprint density at radius 1 is 0.652 bits per heavy atom. The highest BCUT2D eigenvalue weighted by atomic mass is 16.3. The van der Waals surface area contributed by atoms with Crippen molar-refractivity contribution >= 4 is 0 Å². The van der Waals surface area contributed by atoms with Gasteiger partial charge in [0.2, 0.25) is 0 Å². The van der Waals surface area contributed by atoms with E-state index in [4.69, 9.17) is 0 Å². The van der Waals surface area contributed by atoms with Crippen LogP contribution in [0.5, 0.6) is 5.75 Å². The Labute approximate surface area is 144 Å². The summed E-state index contributed by atoms with van der Waals surface area (Å²) in [5.41, 5.74) is 3.45. The Hall–Kier alpha value is -0.980. The fraction of sp³-hybridized carbons (Fsp3) is 0.727. The summed E-state index contributed by atoms with van der Waals surface area (Å²) in [6.07, 6.45) is 9.66. The summed E-state index contributed by atoms with van der Waals surface area (Å²) in [7, 11) is 0. The summed E-state index contributed by atoms with van der Waals surface area (Å²) in [5, 5.41) is 9.97. The number of aromatic hydroxyl groups is 1. The molecule has 0 heterocycles. The third-order valence-corrected chi connectivity index (χ3v) is 4.32. The van der Waals surface area contributed by atoms with Crippen molar-refractivity contribution in [2.24, 2.45) is 10.8 Å². The molecular formula is C22H38O. The zero-order valence-corrected chi connectivity index (χ0v) is 16.3. The molecule has 0 aromatic heterocycles. The number of unbranched alkanes of at least 4 members (excludes halogenated alkanes) is 2. The lowest BCUT2D eigenvalue weighted by Crippen LogP contribution is -2.04. The lowest BCUT2D eigenvalue weighted by molar-refractivity contribution is 0.360. The zero-order chi connectivity index (χ0) is 17.5. The topological polar surface area (TPSA) is 20.2 Å². The predicted molar refractivity (Wildman–Crippen MR) is 102 cm³/mol. The molecule has 1 N–H and O–H groups in total. The van der Waals surface area contributed by atoms with Gasteiger partial charge in [0.15, 0.2) is 0 Å². The van der Waals surface area contributed by atoms with Crippen molar-refractivity contribution in [1.29, 1.82) is 0 Å². The summed E-state index contributed by atoms with van der Waals surface area (Å²) < 4.78 is 0. The molecule has 0 saturated heterocycles. The molecule has 0 saturated carbocycles. The van der Waals surface area contributed by atoms with E-state index in [0.717, 1.165) is 12.8 Å². The van der Waals surface area contributed by atoms with E-state index >= 15 is 0 Å². The summed E-state index contributed by atoms with van der Waals surface area (Å²) in [4.78, 5) is 0. The highest BCUT2D eigenvalue weighted by Crippen LogP contribution is 2.25. The van der Waals surface area contributed by atoms with Crippen molar-refractivity contribution in [3.63, 3.8) is 0 Å². The Balaban J connectivity index is 2.42. The fourth-order valence-corrected chi connectivity index (χ4v) is 3.00. The van der Waals surface area contributed by atoms with Gasteiger partial charge in [-0.3, -0.25) is 0 Å². The van der Waals surface area contributed by atoms with Crippen LogP contribution in [-0.4, -0.2) is 5.11 Å². The fourth-order valence-electron chi connectivity index (χ4n) is 3.00. The monoisotopic (exact) mass is 318 g/mol. The molecule has 0 atom stereocenters. The van der Waals surface area contributed by atoms with Crippen LogP contribution >= 0.6 is 0 Å². The van der Waals surface area contributed by atoms with E-state index in [2.05, 4.69) is 47.6 Å². The quantitative estimate of drug-likeness (QED) is 0.516. The molecule has 0 aliphatic carbocycles. The molecule has 0 aliphatic rings. The van der Waals surface area contributed by atoms with Crippen LogP contribution in [-0.2, 0) is 12.8 Å². The maximum atomic E-state index is 9.97. The third-order valence-electron chi connectivity index (χ3n) is 4.32. The van der Waals surface area contributed by atoms with Gasteiger partial charge in [0.05, 0.1) is 0 Å². The molecule has 0 bridgehead atoms. The Morgan fingerprint density at radius 2 is 1.04 bits per heavy atom. The molecular weight excluding hydrogens is 280 g/mol. The summed E-state index contributed by atoms with van der Waals surface area (Å²) >= 11 is 0. The van der Waals surface area contributed by atoms with Crippen LogP contribution in [0.15, 0.2) is 18.2 Å². The number of phenols is 1. The Kier molecular flexibility index (Phi) is 7.64. The van der Waals surface area contributed by atoms with Gasteiger partial charge in [-0.15, -0.1) is 0 Å². The van der Waals surface area contributed by atoms with Crippen LogP contribution in [0.1, 0.15) is 91.2 Å². The molecule has 0 unspecified atom stereocenters. The van der Waals surface area contributed by atoms with Crippen molar-refractivity contribution in [1.82, 2.24) is 0 Å². The van der Waals surface area contributed by atoms with Gasteiger partial charge in [0, 0.05) is 0 Å². The molecule has 1 rings (SSSR count). The van der Waals surface area contributed by atoms with E-state index in [9.17, 15) is 5.11 Å². The average Bonchev–Trinajstić information content (AvgIpc) is 2.37. The molecule has 1 heteroatoms. The van der Waals surface area contributed by atoms with E-state index < -0.39 is 0 Å². The van der Waals surface area contributed by atoms with E-state index in [1.807, 2.05) is 12.1 Å². The number of hydrogen-bond acceptors (Lipinski definition) is 1. The van der Waals surface area contributed by atoms with Crippen LogP contribution in [0.3, 0.4) is 0 Å². The van der Waals surface area contributed by atoms with Crippen LogP contribution in [0.25, 0.3) is 0 Å². The first-order valence-corrected chi connectivity index (χ1v) is 9.37. The molecule has 0 amide bonds. The molecule has 0 spiro atoms. The lowest BCUT2D eigenvalue weighted by atomic mass is 9.88. The molecule has 1 aromatic rings. The molecule has 0 aliphatic heterocycles. The smallest absolute Gasteiger partial charge is 0.116 e. The first-order chi connectivity index (χ1) is 10.6. The SMILES string of the molecule is CC(C)(C)CCCCc1cc(O)cc(CCCCC(C)(C)C)c1. The largest absolute Gasteiger partial charge is 0.508 e. The Bertz CT molecular complexity index is 420. The first kappa shape index (κ1) is 20.1. The zero-order valence-electron chi connectivity index (χ0n) is 16.3. The standard InChI is InChI=1S/C22H38O/c1-21(2,3)13-9-7-11-18-15-19(17-20(23)16-18)12-8-10-14-22(4,5)6/h15-17,23H,7-14H2,1-6H3. The normalized spacial score (nSPS) is 12.6. The first-order valence-electron chi connectivity index (χ1n) is 9.37. The van der Waals surface area contributed by atoms with Gasteiger partial charge in [-0.2, -0.15) is 0 Å². The summed E-state index contributed by atoms with van der Waals surface area (Å²) in [6, 6.07) is 6.18. The van der Waals surface area contributed by atoms with E-state index in [0.29, 0.717) is 16.6 Å². The molecule has 132 valence electrons. The van der Waals surface area contributed by atoms with Gasteiger partial charge in [-0.1, -0.05) is 60.5 Å². The lowest BCUT2D eigenvalue weighted by Gasteiger charge is -2.18. The van der Waals surface area contributed by atoms with Gasteiger partial charge < -0.3 is 5.11 Å². The van der Waals surface area contributed by atoms with Crippen molar-refractivity contribution < 1.29 is 5.11 Å². The predicted octanol–water partition coefficient (Wildman–Crippen LogP) is 6.91. The average molecular weight is 319 g/mol. The molecule has 23 heavy (non-hydrogen) atoms. The maximum absolute atomic E-state index is 9.97. The van der Waals surface area contributed by atoms with Crippen LogP contribution in [0, 0.1) is 10.8 Å². The second-order valence-corrected chi connectivity index (χ2v) is 9.54. The number of benzene rings is 1. The number of aryl methyl sites for hydroxylation is 2. The second kappa shape index (κ2) is 8.76. The van der Waals surface area contributed by atoms with Crippen LogP contribution in [0.2, 0.25) is 0 Å².